The number of aromatic carboxylic acids is 1. The molecule has 0 bridgehead atoms. The molecule has 0 aliphatic carbocycles. The van der Waals surface area contributed by atoms with Crippen LogP contribution in [0.25, 0.3) is 17.4 Å². The Balaban J connectivity index is 1.65. The Morgan fingerprint density at radius 1 is 1.19 bits per heavy atom. The molecular formula is C30H24BrClN2O7S. The van der Waals surface area contributed by atoms with Gasteiger partial charge < -0.3 is 19.0 Å². The van der Waals surface area contributed by atoms with Gasteiger partial charge in [0.1, 0.15) is 23.3 Å². The molecule has 1 N–H and O–H groups in total. The van der Waals surface area contributed by atoms with E-state index >= 15 is 0 Å². The molecule has 1 atom stereocenters. The average molecular weight is 672 g/mol. The summed E-state index contributed by atoms with van der Waals surface area (Å²) >= 11 is 10.6. The molecule has 0 fully saturated rings. The van der Waals surface area contributed by atoms with Crippen molar-refractivity contribution in [2.45, 2.75) is 32.9 Å². The number of furan rings is 1. The molecule has 0 saturated heterocycles. The van der Waals surface area contributed by atoms with Crippen LogP contribution in [0.2, 0.25) is 5.02 Å². The number of thiazole rings is 1. The summed E-state index contributed by atoms with van der Waals surface area (Å²) in [6.07, 6.45) is 1.20. The van der Waals surface area contributed by atoms with Gasteiger partial charge in [0.05, 0.1) is 39.6 Å². The third-order valence-corrected chi connectivity index (χ3v) is 8.26. The second kappa shape index (κ2) is 11.7. The number of nitrogens with zero attached hydrogens (tertiary/aromatic N) is 2. The van der Waals surface area contributed by atoms with Crippen molar-refractivity contribution in [2.75, 3.05) is 7.11 Å². The highest BCUT2D eigenvalue weighted by Crippen LogP contribution is 2.37. The minimum absolute atomic E-state index is 0.0504. The summed E-state index contributed by atoms with van der Waals surface area (Å²) in [5, 5.41) is 9.52. The fourth-order valence-corrected chi connectivity index (χ4v) is 6.23. The number of hydrogen-bond acceptors (Lipinski definition) is 8. The van der Waals surface area contributed by atoms with E-state index in [-0.39, 0.29) is 27.8 Å². The largest absolute Gasteiger partial charge is 0.496 e. The van der Waals surface area contributed by atoms with E-state index in [0.717, 1.165) is 15.8 Å². The number of rotatable bonds is 7. The molecule has 9 nitrogen and oxygen atoms in total. The molecule has 2 aromatic heterocycles. The lowest BCUT2D eigenvalue weighted by Gasteiger charge is -2.26. The number of carbonyl (C=O) groups excluding carboxylic acids is 1. The monoisotopic (exact) mass is 670 g/mol. The highest BCUT2D eigenvalue weighted by Gasteiger charge is 2.35. The van der Waals surface area contributed by atoms with Gasteiger partial charge in [-0.25, -0.2) is 14.6 Å². The fraction of sp³-hybridized carbons (Fsp3) is 0.200. The molecule has 1 aliphatic heterocycles. The van der Waals surface area contributed by atoms with Crippen molar-refractivity contribution in [3.05, 3.63) is 106 Å². The van der Waals surface area contributed by atoms with E-state index in [9.17, 15) is 19.5 Å². The first-order chi connectivity index (χ1) is 20.0. The Labute approximate surface area is 257 Å². The molecule has 0 spiro atoms. The molecule has 0 unspecified atom stereocenters. The maximum Gasteiger partial charge on any atom is 0.338 e. The molecule has 3 heterocycles. The minimum atomic E-state index is -1.15. The Bertz CT molecular complexity index is 1950. The van der Waals surface area contributed by atoms with E-state index in [1.54, 1.807) is 57.2 Å². The SMILES string of the molecule is COc1ccc(Br)cc1[C@@H]1C(C(=O)OC(C)C)=C(C)N=c2s/c(=C\c3ccc(-c4ccc(Cl)c(C(=O)O)c4)o3)c(=O)n21. The molecule has 0 saturated carbocycles. The molecular weight excluding hydrogens is 648 g/mol. The van der Waals surface area contributed by atoms with E-state index in [1.807, 2.05) is 6.07 Å². The van der Waals surface area contributed by atoms with Gasteiger partial charge in [-0.1, -0.05) is 38.9 Å². The molecule has 42 heavy (non-hydrogen) atoms. The van der Waals surface area contributed by atoms with Crippen LogP contribution in [0.4, 0.5) is 0 Å². The molecule has 0 amide bonds. The topological polar surface area (TPSA) is 120 Å². The average Bonchev–Trinajstić information content (AvgIpc) is 3.51. The summed E-state index contributed by atoms with van der Waals surface area (Å²) in [5.74, 6) is -0.472. The van der Waals surface area contributed by atoms with Crippen molar-refractivity contribution in [1.82, 2.24) is 4.57 Å². The first kappa shape index (κ1) is 29.6. The first-order valence-corrected chi connectivity index (χ1v) is 14.7. The molecule has 2 aromatic carbocycles. The quantitative estimate of drug-likeness (QED) is 0.255. The van der Waals surface area contributed by atoms with E-state index < -0.39 is 18.0 Å². The van der Waals surface area contributed by atoms with Crippen molar-refractivity contribution in [1.29, 1.82) is 0 Å². The zero-order valence-corrected chi connectivity index (χ0v) is 26.0. The standard InChI is InChI=1S/C30H24BrClN2O7S/c1-14(2)40-29(38)25-15(3)33-30-34(26(25)20-12-17(31)6-9-23(20)39-4)27(35)24(42-30)13-18-7-10-22(41-18)16-5-8-21(32)19(11-16)28(36)37/h5-14,26H,1-4H3,(H,36,37)/b24-13-/t26-/m1/s1. The van der Waals surface area contributed by atoms with Crippen molar-refractivity contribution in [3.8, 4) is 17.1 Å². The number of fused-ring (bicyclic) bond motifs is 1. The Morgan fingerprint density at radius 3 is 2.64 bits per heavy atom. The number of methoxy groups -OCH3 is 1. The van der Waals surface area contributed by atoms with Crippen LogP contribution >= 0.6 is 38.9 Å². The molecule has 4 aromatic rings. The van der Waals surface area contributed by atoms with Crippen LogP contribution in [0.1, 0.15) is 48.5 Å². The Hall–Kier alpha value is -3.93. The van der Waals surface area contributed by atoms with Crippen molar-refractivity contribution in [2.24, 2.45) is 4.99 Å². The smallest absolute Gasteiger partial charge is 0.338 e. The predicted molar refractivity (Wildman–Crippen MR) is 162 cm³/mol. The van der Waals surface area contributed by atoms with Crippen LogP contribution in [0.5, 0.6) is 5.75 Å². The van der Waals surface area contributed by atoms with E-state index in [1.165, 1.54) is 23.8 Å². The molecule has 0 radical (unpaired) electrons. The van der Waals surface area contributed by atoms with Crippen LogP contribution in [-0.4, -0.2) is 34.8 Å². The van der Waals surface area contributed by atoms with Crippen molar-refractivity contribution >= 4 is 56.9 Å². The zero-order chi connectivity index (χ0) is 30.3. The maximum atomic E-state index is 14.0. The second-order valence-corrected chi connectivity index (χ2v) is 12.0. The molecule has 216 valence electrons. The Kier molecular flexibility index (Phi) is 8.27. The highest BCUT2D eigenvalue weighted by molar-refractivity contribution is 9.10. The predicted octanol–water partition coefficient (Wildman–Crippen LogP) is 5.57. The number of esters is 1. The van der Waals surface area contributed by atoms with Gasteiger partial charge in [0.15, 0.2) is 4.80 Å². The number of allylic oxidation sites excluding steroid dienone is 1. The number of ether oxygens (including phenoxy) is 2. The number of aromatic nitrogens is 1. The van der Waals surface area contributed by atoms with Crippen LogP contribution < -0.4 is 19.6 Å². The van der Waals surface area contributed by atoms with Gasteiger partial charge in [-0.15, -0.1) is 0 Å². The summed E-state index contributed by atoms with van der Waals surface area (Å²) < 4.78 is 19.7. The van der Waals surface area contributed by atoms with E-state index in [4.69, 9.17) is 25.5 Å². The van der Waals surface area contributed by atoms with Gasteiger partial charge >= 0.3 is 11.9 Å². The zero-order valence-electron chi connectivity index (χ0n) is 22.8. The minimum Gasteiger partial charge on any atom is -0.496 e. The number of hydrogen-bond donors (Lipinski definition) is 1. The maximum absolute atomic E-state index is 14.0. The van der Waals surface area contributed by atoms with Gasteiger partial charge in [-0.2, -0.15) is 0 Å². The van der Waals surface area contributed by atoms with Crippen LogP contribution in [0, 0.1) is 0 Å². The molecule has 1 aliphatic rings. The van der Waals surface area contributed by atoms with Crippen LogP contribution in [0.15, 0.2) is 78.5 Å². The molecule has 12 heteroatoms. The Morgan fingerprint density at radius 2 is 1.95 bits per heavy atom. The van der Waals surface area contributed by atoms with Crippen LogP contribution in [0.3, 0.4) is 0 Å². The van der Waals surface area contributed by atoms with E-state index in [0.29, 0.717) is 43.4 Å². The number of carbonyl (C=O) groups is 2. The summed E-state index contributed by atoms with van der Waals surface area (Å²) in [5.41, 5.74) is 1.33. The van der Waals surface area contributed by atoms with Crippen molar-refractivity contribution < 1.29 is 28.6 Å². The number of benzene rings is 2. The van der Waals surface area contributed by atoms with Gasteiger partial charge in [0, 0.05) is 21.7 Å². The number of halogens is 2. The van der Waals surface area contributed by atoms with Crippen LogP contribution in [-0.2, 0) is 9.53 Å². The van der Waals surface area contributed by atoms with E-state index in [2.05, 4.69) is 20.9 Å². The summed E-state index contributed by atoms with van der Waals surface area (Å²) in [7, 11) is 1.52. The summed E-state index contributed by atoms with van der Waals surface area (Å²) in [6.45, 7) is 5.21. The number of carboxylic acid groups (broad SMARTS) is 1. The highest BCUT2D eigenvalue weighted by atomic mass is 79.9. The van der Waals surface area contributed by atoms with Gasteiger partial charge in [0.25, 0.3) is 5.56 Å². The third kappa shape index (κ3) is 5.59. The lowest BCUT2D eigenvalue weighted by atomic mass is 9.95. The van der Waals surface area contributed by atoms with Gasteiger partial charge in [-0.05, 0) is 69.3 Å². The van der Waals surface area contributed by atoms with Gasteiger partial charge in [-0.3, -0.25) is 9.36 Å². The second-order valence-electron chi connectivity index (χ2n) is 9.62. The lowest BCUT2D eigenvalue weighted by Crippen LogP contribution is -2.40. The lowest BCUT2D eigenvalue weighted by molar-refractivity contribution is -0.143. The number of carboxylic acids is 1. The van der Waals surface area contributed by atoms with Crippen molar-refractivity contribution in [3.63, 3.8) is 0 Å². The summed E-state index contributed by atoms with van der Waals surface area (Å²) in [6, 6.07) is 12.4. The third-order valence-electron chi connectivity index (χ3n) is 6.45. The normalized spacial score (nSPS) is 15.0. The fourth-order valence-electron chi connectivity index (χ4n) is 4.63. The molecule has 5 rings (SSSR count). The van der Waals surface area contributed by atoms with Gasteiger partial charge in [0.2, 0.25) is 0 Å². The first-order valence-electron chi connectivity index (χ1n) is 12.7. The summed E-state index contributed by atoms with van der Waals surface area (Å²) in [4.78, 5) is 43.8.